The van der Waals surface area contributed by atoms with Crippen LogP contribution in [0.5, 0.6) is 0 Å². The number of aryl methyl sites for hydroxylation is 2. The van der Waals surface area contributed by atoms with E-state index in [4.69, 9.17) is 0 Å². The Morgan fingerprint density at radius 1 is 1.17 bits per heavy atom. The number of carboxylic acid groups (broad SMARTS) is 1. The average Bonchev–Trinajstić information content (AvgIpc) is 2.85. The van der Waals surface area contributed by atoms with Crippen LogP contribution in [0, 0.1) is 13.8 Å². The molecule has 24 heavy (non-hydrogen) atoms. The zero-order valence-electron chi connectivity index (χ0n) is 14.6. The Hall–Kier alpha value is -2.55. The van der Waals surface area contributed by atoms with Gasteiger partial charge in [0.25, 0.3) is 0 Å². The summed E-state index contributed by atoms with van der Waals surface area (Å²) in [5.41, 5.74) is 7.50. The molecule has 0 fully saturated rings. The van der Waals surface area contributed by atoms with Crippen molar-refractivity contribution in [1.29, 1.82) is 0 Å². The number of hydrogen-bond acceptors (Lipinski definition) is 1. The van der Waals surface area contributed by atoms with Gasteiger partial charge in [0, 0.05) is 16.5 Å². The van der Waals surface area contributed by atoms with E-state index < -0.39 is 5.97 Å². The van der Waals surface area contributed by atoms with Gasteiger partial charge in [-0.25, -0.2) is 0 Å². The molecular weight excluding hydrogens is 298 g/mol. The summed E-state index contributed by atoms with van der Waals surface area (Å²) in [5.74, 6) is -0.436. The number of benzene rings is 2. The van der Waals surface area contributed by atoms with Gasteiger partial charge in [0.2, 0.25) is 0 Å². The maximum atomic E-state index is 11.4. The molecule has 1 aromatic heterocycles. The van der Waals surface area contributed by atoms with E-state index in [0.717, 1.165) is 33.3 Å². The van der Waals surface area contributed by atoms with Gasteiger partial charge in [-0.2, -0.15) is 0 Å². The molecule has 3 aromatic rings. The zero-order chi connectivity index (χ0) is 17.4. The SMILES string of the molecule is Cc1ccc(-c2[nH]c3c(C(C)C)cccc3c2CC(=O)O)c(C)c1. The smallest absolute Gasteiger partial charge is 0.307 e. The molecular formula is C21H23NO2. The third kappa shape index (κ3) is 2.82. The molecule has 0 amide bonds. The van der Waals surface area contributed by atoms with Crippen LogP contribution in [0.15, 0.2) is 36.4 Å². The molecule has 0 bridgehead atoms. The first-order valence-electron chi connectivity index (χ1n) is 8.31. The first-order chi connectivity index (χ1) is 11.4. The van der Waals surface area contributed by atoms with Crippen LogP contribution >= 0.6 is 0 Å². The fourth-order valence-corrected chi connectivity index (χ4v) is 3.44. The number of rotatable bonds is 4. The Labute approximate surface area is 142 Å². The van der Waals surface area contributed by atoms with Crippen molar-refractivity contribution in [3.8, 4) is 11.3 Å². The Bertz CT molecular complexity index is 919. The fourth-order valence-electron chi connectivity index (χ4n) is 3.44. The molecule has 0 saturated heterocycles. The molecule has 2 N–H and O–H groups in total. The van der Waals surface area contributed by atoms with Crippen molar-refractivity contribution in [3.05, 3.63) is 58.7 Å². The van der Waals surface area contributed by atoms with E-state index in [0.29, 0.717) is 5.92 Å². The highest BCUT2D eigenvalue weighted by Crippen LogP contribution is 2.36. The van der Waals surface area contributed by atoms with Crippen LogP contribution < -0.4 is 0 Å². The van der Waals surface area contributed by atoms with Crippen LogP contribution in [-0.2, 0) is 11.2 Å². The van der Waals surface area contributed by atoms with Gasteiger partial charge >= 0.3 is 5.97 Å². The quantitative estimate of drug-likeness (QED) is 0.693. The van der Waals surface area contributed by atoms with E-state index in [1.54, 1.807) is 0 Å². The molecule has 0 radical (unpaired) electrons. The minimum atomic E-state index is -0.808. The first kappa shape index (κ1) is 16.3. The lowest BCUT2D eigenvalue weighted by molar-refractivity contribution is -0.136. The number of aromatic amines is 1. The lowest BCUT2D eigenvalue weighted by atomic mass is 9.96. The Morgan fingerprint density at radius 2 is 1.92 bits per heavy atom. The van der Waals surface area contributed by atoms with Crippen molar-refractivity contribution < 1.29 is 9.90 Å². The van der Waals surface area contributed by atoms with Crippen LogP contribution in [0.3, 0.4) is 0 Å². The molecule has 0 saturated carbocycles. The summed E-state index contributed by atoms with van der Waals surface area (Å²) in [6.45, 7) is 8.45. The minimum Gasteiger partial charge on any atom is -0.481 e. The summed E-state index contributed by atoms with van der Waals surface area (Å²) >= 11 is 0. The molecule has 0 spiro atoms. The Kier molecular flexibility index (Phi) is 4.18. The van der Waals surface area contributed by atoms with E-state index in [2.05, 4.69) is 56.9 Å². The fraction of sp³-hybridized carbons (Fsp3) is 0.286. The topological polar surface area (TPSA) is 53.1 Å². The van der Waals surface area contributed by atoms with Crippen LogP contribution in [-0.4, -0.2) is 16.1 Å². The van der Waals surface area contributed by atoms with Gasteiger partial charge in [0.05, 0.1) is 12.1 Å². The zero-order valence-corrected chi connectivity index (χ0v) is 14.6. The second-order valence-corrected chi connectivity index (χ2v) is 6.79. The Balaban J connectivity index is 2.33. The number of hydrogen-bond donors (Lipinski definition) is 2. The highest BCUT2D eigenvalue weighted by molar-refractivity contribution is 5.96. The third-order valence-electron chi connectivity index (χ3n) is 4.57. The third-order valence-corrected chi connectivity index (χ3v) is 4.57. The molecule has 3 rings (SSSR count). The number of fused-ring (bicyclic) bond motifs is 1. The summed E-state index contributed by atoms with van der Waals surface area (Å²) in [4.78, 5) is 15.0. The summed E-state index contributed by atoms with van der Waals surface area (Å²) in [5, 5.41) is 10.4. The van der Waals surface area contributed by atoms with Gasteiger partial charge in [0.15, 0.2) is 0 Å². The number of nitrogens with one attached hydrogen (secondary N) is 1. The van der Waals surface area contributed by atoms with Gasteiger partial charge in [0.1, 0.15) is 0 Å². The molecule has 0 unspecified atom stereocenters. The van der Waals surface area contributed by atoms with Gasteiger partial charge in [-0.15, -0.1) is 0 Å². The normalized spacial score (nSPS) is 11.4. The predicted molar refractivity (Wildman–Crippen MR) is 98.6 cm³/mol. The van der Waals surface area contributed by atoms with E-state index in [1.807, 2.05) is 12.1 Å². The highest BCUT2D eigenvalue weighted by Gasteiger charge is 2.19. The van der Waals surface area contributed by atoms with Gasteiger partial charge in [-0.05, 0) is 36.5 Å². The summed E-state index contributed by atoms with van der Waals surface area (Å²) in [7, 11) is 0. The summed E-state index contributed by atoms with van der Waals surface area (Å²) in [6.07, 6.45) is 0.0181. The minimum absolute atomic E-state index is 0.0181. The largest absolute Gasteiger partial charge is 0.481 e. The molecule has 3 nitrogen and oxygen atoms in total. The standard InChI is InChI=1S/C21H23NO2/c1-12(2)15-6-5-7-17-18(11-19(23)24)21(22-20(15)17)16-9-8-13(3)10-14(16)4/h5-10,12,22H,11H2,1-4H3,(H,23,24). The van der Waals surface area contributed by atoms with Crippen LogP contribution in [0.1, 0.15) is 42.0 Å². The molecule has 1 heterocycles. The van der Waals surface area contributed by atoms with E-state index in [1.165, 1.54) is 11.1 Å². The van der Waals surface area contributed by atoms with Crippen molar-refractivity contribution in [3.63, 3.8) is 0 Å². The summed E-state index contributed by atoms with van der Waals surface area (Å²) in [6, 6.07) is 12.4. The molecule has 2 aromatic carbocycles. The average molecular weight is 321 g/mol. The maximum absolute atomic E-state index is 11.4. The molecule has 3 heteroatoms. The van der Waals surface area contributed by atoms with E-state index >= 15 is 0 Å². The van der Waals surface area contributed by atoms with Crippen molar-refractivity contribution in [1.82, 2.24) is 4.98 Å². The van der Waals surface area contributed by atoms with Gasteiger partial charge in [-0.3, -0.25) is 4.79 Å². The highest BCUT2D eigenvalue weighted by atomic mass is 16.4. The van der Waals surface area contributed by atoms with E-state index in [-0.39, 0.29) is 6.42 Å². The lowest BCUT2D eigenvalue weighted by Gasteiger charge is -2.08. The molecule has 0 aliphatic rings. The second-order valence-electron chi connectivity index (χ2n) is 6.79. The first-order valence-corrected chi connectivity index (χ1v) is 8.31. The number of carboxylic acids is 1. The maximum Gasteiger partial charge on any atom is 0.307 e. The van der Waals surface area contributed by atoms with Crippen molar-refractivity contribution in [2.75, 3.05) is 0 Å². The van der Waals surface area contributed by atoms with Gasteiger partial charge < -0.3 is 10.1 Å². The van der Waals surface area contributed by atoms with E-state index in [9.17, 15) is 9.90 Å². The number of H-pyrrole nitrogens is 1. The molecule has 124 valence electrons. The van der Waals surface area contributed by atoms with Gasteiger partial charge in [-0.1, -0.05) is 55.8 Å². The lowest BCUT2D eigenvalue weighted by Crippen LogP contribution is -2.01. The van der Waals surface area contributed by atoms with Crippen molar-refractivity contribution in [2.45, 2.75) is 40.0 Å². The van der Waals surface area contributed by atoms with Crippen LogP contribution in [0.2, 0.25) is 0 Å². The number of para-hydroxylation sites is 1. The number of aliphatic carboxylic acids is 1. The second kappa shape index (κ2) is 6.16. The number of aromatic nitrogens is 1. The van der Waals surface area contributed by atoms with Crippen LogP contribution in [0.4, 0.5) is 0 Å². The van der Waals surface area contributed by atoms with Crippen LogP contribution in [0.25, 0.3) is 22.2 Å². The molecule has 0 aliphatic carbocycles. The molecule has 0 aliphatic heterocycles. The van der Waals surface area contributed by atoms with Crippen molar-refractivity contribution in [2.24, 2.45) is 0 Å². The summed E-state index contributed by atoms with van der Waals surface area (Å²) < 4.78 is 0. The predicted octanol–water partition coefficient (Wildman–Crippen LogP) is 5.20. The Morgan fingerprint density at radius 3 is 2.54 bits per heavy atom. The van der Waals surface area contributed by atoms with Crippen molar-refractivity contribution >= 4 is 16.9 Å². The monoisotopic (exact) mass is 321 g/mol. The molecule has 0 atom stereocenters. The number of carbonyl (C=O) groups is 1.